The van der Waals surface area contributed by atoms with Crippen LogP contribution in [-0.4, -0.2) is 36.4 Å². The minimum absolute atomic E-state index is 0.0196. The van der Waals surface area contributed by atoms with Crippen LogP contribution >= 0.6 is 22.9 Å². The molecule has 3 N–H and O–H groups in total. The molecule has 0 radical (unpaired) electrons. The molecule has 0 saturated carbocycles. The summed E-state index contributed by atoms with van der Waals surface area (Å²) in [5, 5.41) is 12.0. The van der Waals surface area contributed by atoms with Crippen molar-refractivity contribution in [3.63, 3.8) is 0 Å². The van der Waals surface area contributed by atoms with Crippen molar-refractivity contribution >= 4 is 50.7 Å². The van der Waals surface area contributed by atoms with Crippen LogP contribution in [-0.2, 0) is 17.9 Å². The maximum atomic E-state index is 13.6. The van der Waals surface area contributed by atoms with E-state index in [0.717, 1.165) is 11.3 Å². The molecule has 0 aliphatic rings. The van der Waals surface area contributed by atoms with Crippen LogP contribution in [0.25, 0.3) is 21.3 Å². The summed E-state index contributed by atoms with van der Waals surface area (Å²) in [6.45, 7) is 4.48. The molecule has 4 heterocycles. The van der Waals surface area contributed by atoms with Crippen molar-refractivity contribution in [2.45, 2.75) is 39.8 Å². The second-order valence-electron chi connectivity index (χ2n) is 7.45. The summed E-state index contributed by atoms with van der Waals surface area (Å²) in [7, 11) is 0. The molecular formula is C21H20ClF2N7O2S. The van der Waals surface area contributed by atoms with E-state index >= 15 is 0 Å². The monoisotopic (exact) mass is 507 g/mol. The minimum Gasteiger partial charge on any atom is -0.365 e. The van der Waals surface area contributed by atoms with Crippen molar-refractivity contribution in [3.8, 4) is 11.1 Å². The fraction of sp³-hybridized carbons (Fsp3) is 0.286. The molecule has 4 aromatic rings. The topological polar surface area (TPSA) is 121 Å². The highest BCUT2D eigenvalue weighted by molar-refractivity contribution is 7.21. The van der Waals surface area contributed by atoms with Gasteiger partial charge in [-0.2, -0.15) is 10.2 Å². The molecule has 0 fully saturated rings. The number of aryl methyl sites for hydroxylation is 3. The number of hydrogen-bond acceptors (Lipinski definition) is 6. The fourth-order valence-electron chi connectivity index (χ4n) is 3.56. The van der Waals surface area contributed by atoms with E-state index in [-0.39, 0.29) is 28.4 Å². The number of fused-ring (bicyclic) bond motifs is 1. The van der Waals surface area contributed by atoms with Crippen molar-refractivity contribution in [2.24, 2.45) is 5.73 Å². The Morgan fingerprint density at radius 2 is 2.03 bits per heavy atom. The first-order chi connectivity index (χ1) is 16.2. The molecule has 4 rings (SSSR count). The largest absolute Gasteiger partial charge is 0.365 e. The number of aromatic nitrogens is 5. The number of halogens is 3. The molecular weight excluding hydrogens is 488 g/mol. The van der Waals surface area contributed by atoms with E-state index in [1.807, 2.05) is 6.92 Å². The quantitative estimate of drug-likeness (QED) is 0.366. The summed E-state index contributed by atoms with van der Waals surface area (Å²) in [5.41, 5.74) is 6.84. The van der Waals surface area contributed by atoms with E-state index in [0.29, 0.717) is 33.8 Å². The normalized spacial score (nSPS) is 11.5. The van der Waals surface area contributed by atoms with Crippen LogP contribution in [0.2, 0.25) is 5.02 Å². The van der Waals surface area contributed by atoms with Crippen molar-refractivity contribution < 1.29 is 18.4 Å². The van der Waals surface area contributed by atoms with Crippen LogP contribution in [0.3, 0.4) is 0 Å². The Bertz CT molecular complexity index is 1400. The van der Waals surface area contributed by atoms with Gasteiger partial charge in [-0.3, -0.25) is 19.0 Å². The Morgan fingerprint density at radius 1 is 1.26 bits per heavy atom. The van der Waals surface area contributed by atoms with Gasteiger partial charge in [0, 0.05) is 42.9 Å². The Balaban J connectivity index is 1.82. The molecule has 0 unspecified atom stereocenters. The first-order valence-electron chi connectivity index (χ1n) is 10.3. The standard InChI is InChI=1S/C21H20ClF2N7O2S/c1-3-30-9-13(10(2)29-30)12-6-14(19(23)24)27-21-16(12)17(18(34-21)20(25)33)28-15(32)4-5-31-8-11(22)7-26-31/h6-9,19H,3-5H2,1-2H3,(H2,25,33)(H,28,32). The van der Waals surface area contributed by atoms with Crippen LogP contribution in [0.5, 0.6) is 0 Å². The van der Waals surface area contributed by atoms with Gasteiger partial charge in [-0.25, -0.2) is 13.8 Å². The number of rotatable bonds is 8. The van der Waals surface area contributed by atoms with Gasteiger partial charge in [0.05, 0.1) is 22.6 Å². The molecule has 0 atom stereocenters. The molecule has 0 aliphatic carbocycles. The number of thiophene rings is 1. The number of nitrogens with one attached hydrogen (secondary N) is 1. The summed E-state index contributed by atoms with van der Waals surface area (Å²) in [6.07, 6.45) is 1.95. The number of pyridine rings is 1. The Kier molecular flexibility index (Phi) is 6.62. The number of primary amides is 1. The Morgan fingerprint density at radius 3 is 2.62 bits per heavy atom. The smallest absolute Gasteiger partial charge is 0.280 e. The van der Waals surface area contributed by atoms with Crippen molar-refractivity contribution in [2.75, 3.05) is 5.32 Å². The number of carbonyl (C=O) groups excluding carboxylic acids is 2. The van der Waals surface area contributed by atoms with E-state index in [1.165, 1.54) is 16.9 Å². The third-order valence-electron chi connectivity index (χ3n) is 5.12. The van der Waals surface area contributed by atoms with Crippen LogP contribution in [0.4, 0.5) is 14.5 Å². The molecule has 0 bridgehead atoms. The number of nitrogens with zero attached hydrogens (tertiary/aromatic N) is 5. The second-order valence-corrected chi connectivity index (χ2v) is 8.89. The van der Waals surface area contributed by atoms with Crippen LogP contribution in [0.1, 0.15) is 40.8 Å². The highest BCUT2D eigenvalue weighted by Gasteiger charge is 2.26. The Hall–Kier alpha value is -3.38. The van der Waals surface area contributed by atoms with Crippen molar-refractivity contribution in [1.29, 1.82) is 0 Å². The highest BCUT2D eigenvalue weighted by atomic mass is 35.5. The lowest BCUT2D eigenvalue weighted by atomic mass is 10.0. The summed E-state index contributed by atoms with van der Waals surface area (Å²) in [5.74, 6) is -1.22. The summed E-state index contributed by atoms with van der Waals surface area (Å²) in [4.78, 5) is 29.2. The molecule has 9 nitrogen and oxygen atoms in total. The van der Waals surface area contributed by atoms with Crippen molar-refractivity contribution in [1.82, 2.24) is 24.5 Å². The summed E-state index contributed by atoms with van der Waals surface area (Å²) < 4.78 is 30.5. The molecule has 178 valence electrons. The van der Waals surface area contributed by atoms with Gasteiger partial charge in [0.2, 0.25) is 5.91 Å². The van der Waals surface area contributed by atoms with E-state index in [4.69, 9.17) is 17.3 Å². The molecule has 0 aromatic carbocycles. The first-order valence-corrected chi connectivity index (χ1v) is 11.4. The molecule has 13 heteroatoms. The number of carbonyl (C=O) groups is 2. The number of hydrogen-bond donors (Lipinski definition) is 2. The van der Waals surface area contributed by atoms with E-state index in [2.05, 4.69) is 20.5 Å². The molecule has 0 spiro atoms. The Labute approximate surface area is 201 Å². The van der Waals surface area contributed by atoms with Gasteiger partial charge in [-0.15, -0.1) is 11.3 Å². The second kappa shape index (κ2) is 9.47. The van der Waals surface area contributed by atoms with Crippen LogP contribution in [0, 0.1) is 6.92 Å². The average Bonchev–Trinajstić information content (AvgIpc) is 3.48. The first kappa shape index (κ1) is 23.8. The van der Waals surface area contributed by atoms with Crippen molar-refractivity contribution in [3.05, 3.63) is 45.9 Å². The number of nitrogens with two attached hydrogens (primary N) is 1. The molecule has 2 amide bonds. The van der Waals surface area contributed by atoms with E-state index in [1.54, 1.807) is 24.0 Å². The summed E-state index contributed by atoms with van der Waals surface area (Å²) in [6, 6.07) is 1.26. The van der Waals surface area contributed by atoms with Gasteiger partial charge >= 0.3 is 0 Å². The van der Waals surface area contributed by atoms with Gasteiger partial charge in [0.25, 0.3) is 12.3 Å². The molecule has 34 heavy (non-hydrogen) atoms. The third kappa shape index (κ3) is 4.64. The number of anilines is 1. The maximum Gasteiger partial charge on any atom is 0.280 e. The highest BCUT2D eigenvalue weighted by Crippen LogP contribution is 2.43. The lowest BCUT2D eigenvalue weighted by molar-refractivity contribution is -0.116. The summed E-state index contributed by atoms with van der Waals surface area (Å²) >= 11 is 6.70. The predicted molar refractivity (Wildman–Crippen MR) is 125 cm³/mol. The lowest BCUT2D eigenvalue weighted by Crippen LogP contribution is -2.18. The lowest BCUT2D eigenvalue weighted by Gasteiger charge is -2.10. The maximum absolute atomic E-state index is 13.6. The van der Waals surface area contributed by atoms with Crippen LogP contribution < -0.4 is 11.1 Å². The van der Waals surface area contributed by atoms with Gasteiger partial charge in [0.1, 0.15) is 15.4 Å². The third-order valence-corrected chi connectivity index (χ3v) is 6.42. The minimum atomic E-state index is -2.83. The van der Waals surface area contributed by atoms with E-state index in [9.17, 15) is 18.4 Å². The molecule has 4 aromatic heterocycles. The number of alkyl halides is 2. The van der Waals surface area contributed by atoms with Gasteiger partial charge in [-0.05, 0) is 25.5 Å². The van der Waals surface area contributed by atoms with Crippen LogP contribution in [0.15, 0.2) is 24.7 Å². The zero-order valence-electron chi connectivity index (χ0n) is 18.2. The molecule has 0 saturated heterocycles. The SMILES string of the molecule is CCn1cc(-c2cc(C(F)F)nc3sc(C(N)=O)c(NC(=O)CCn4cc(Cl)cn4)c23)c(C)n1. The number of amides is 2. The average molecular weight is 508 g/mol. The van der Waals surface area contributed by atoms with Gasteiger partial charge in [0.15, 0.2) is 0 Å². The predicted octanol–water partition coefficient (Wildman–Crippen LogP) is 4.40. The zero-order chi connectivity index (χ0) is 24.6. The van der Waals surface area contributed by atoms with Gasteiger partial charge in [-0.1, -0.05) is 11.6 Å². The fourth-order valence-corrected chi connectivity index (χ4v) is 4.73. The van der Waals surface area contributed by atoms with E-state index < -0.39 is 23.9 Å². The van der Waals surface area contributed by atoms with Gasteiger partial charge < -0.3 is 11.1 Å². The zero-order valence-corrected chi connectivity index (χ0v) is 19.8. The molecule has 0 aliphatic heterocycles.